The lowest BCUT2D eigenvalue weighted by molar-refractivity contribution is 0.0381. The van der Waals surface area contributed by atoms with Crippen LogP contribution in [0.1, 0.15) is 39.8 Å². The summed E-state index contributed by atoms with van der Waals surface area (Å²) in [7, 11) is 0. The molecule has 1 saturated heterocycles. The molecule has 0 saturated carbocycles. The third-order valence-electron chi connectivity index (χ3n) is 3.42. The molecule has 1 aliphatic rings. The fourth-order valence-electron chi connectivity index (χ4n) is 2.15. The highest BCUT2D eigenvalue weighted by molar-refractivity contribution is 5.38. The van der Waals surface area contributed by atoms with E-state index in [0.717, 1.165) is 44.2 Å². The second-order valence-electron chi connectivity index (χ2n) is 6.33. The van der Waals surface area contributed by atoms with Gasteiger partial charge in [-0.05, 0) is 39.3 Å². The van der Waals surface area contributed by atoms with Gasteiger partial charge in [0.2, 0.25) is 0 Å². The Morgan fingerprint density at radius 1 is 1.35 bits per heavy atom. The van der Waals surface area contributed by atoms with Crippen molar-refractivity contribution < 1.29 is 4.74 Å². The van der Waals surface area contributed by atoms with E-state index < -0.39 is 0 Å². The van der Waals surface area contributed by atoms with Crippen molar-refractivity contribution in [2.45, 2.75) is 52.3 Å². The zero-order chi connectivity index (χ0) is 14.6. The molecular formula is C15H26N4O. The molecule has 0 bridgehead atoms. The van der Waals surface area contributed by atoms with Crippen molar-refractivity contribution in [2.24, 2.45) is 0 Å². The molecule has 5 heteroatoms. The molecule has 20 heavy (non-hydrogen) atoms. The minimum atomic E-state index is 0.0961. The number of hydrogen-bond donors (Lipinski definition) is 1. The van der Waals surface area contributed by atoms with E-state index in [1.807, 2.05) is 0 Å². The number of nitrogens with one attached hydrogen (secondary N) is 1. The first-order chi connectivity index (χ1) is 9.48. The van der Waals surface area contributed by atoms with Gasteiger partial charge in [0, 0.05) is 25.2 Å². The molecule has 1 unspecified atom stereocenters. The van der Waals surface area contributed by atoms with Crippen LogP contribution in [0.2, 0.25) is 0 Å². The highest BCUT2D eigenvalue weighted by atomic mass is 16.5. The largest absolute Gasteiger partial charge is 0.375 e. The molecule has 5 nitrogen and oxygen atoms in total. The summed E-state index contributed by atoms with van der Waals surface area (Å²) < 4.78 is 5.68. The van der Waals surface area contributed by atoms with Crippen LogP contribution in [0, 0.1) is 0 Å². The summed E-state index contributed by atoms with van der Waals surface area (Å²) in [6.45, 7) is 11.9. The zero-order valence-electron chi connectivity index (χ0n) is 13.0. The van der Waals surface area contributed by atoms with Crippen LogP contribution in [0.5, 0.6) is 0 Å². The lowest BCUT2D eigenvalue weighted by Gasteiger charge is -2.33. The Balaban J connectivity index is 1.94. The summed E-state index contributed by atoms with van der Waals surface area (Å²) in [5.74, 6) is 0.950. The molecular weight excluding hydrogens is 252 g/mol. The number of anilines is 1. The minimum Gasteiger partial charge on any atom is -0.375 e. The molecule has 0 aromatic carbocycles. The summed E-state index contributed by atoms with van der Waals surface area (Å²) in [5.41, 5.74) is 1.07. The van der Waals surface area contributed by atoms with Crippen LogP contribution in [0.3, 0.4) is 0 Å². The van der Waals surface area contributed by atoms with E-state index in [1.54, 1.807) is 0 Å². The second-order valence-corrected chi connectivity index (χ2v) is 6.33. The van der Waals surface area contributed by atoms with Crippen molar-refractivity contribution in [3.63, 3.8) is 0 Å². The van der Waals surface area contributed by atoms with Crippen molar-refractivity contribution >= 4 is 5.82 Å². The fourth-order valence-corrected chi connectivity index (χ4v) is 2.15. The van der Waals surface area contributed by atoms with Crippen molar-refractivity contribution in [3.05, 3.63) is 17.8 Å². The van der Waals surface area contributed by atoms with Gasteiger partial charge in [-0.3, -0.25) is 0 Å². The van der Waals surface area contributed by atoms with Gasteiger partial charge in [-0.25, -0.2) is 0 Å². The predicted octanol–water partition coefficient (Wildman–Crippen LogP) is 1.98. The van der Waals surface area contributed by atoms with Gasteiger partial charge in [0.25, 0.3) is 0 Å². The van der Waals surface area contributed by atoms with E-state index >= 15 is 0 Å². The molecule has 0 spiro atoms. The normalized spacial score (nSPS) is 20.2. The summed E-state index contributed by atoms with van der Waals surface area (Å²) in [6, 6.07) is 4.11. The second kappa shape index (κ2) is 6.50. The van der Waals surface area contributed by atoms with Crippen molar-refractivity contribution in [2.75, 3.05) is 24.6 Å². The molecule has 1 atom stereocenters. The number of ether oxygens (including phenoxy) is 1. The number of nitrogens with zero attached hydrogens (tertiary/aromatic N) is 3. The van der Waals surface area contributed by atoms with Crippen molar-refractivity contribution in [1.29, 1.82) is 0 Å². The quantitative estimate of drug-likeness (QED) is 0.912. The average Bonchev–Trinajstić information content (AvgIpc) is 2.45. The van der Waals surface area contributed by atoms with E-state index in [1.165, 1.54) is 0 Å². The maximum Gasteiger partial charge on any atom is 0.151 e. The van der Waals surface area contributed by atoms with E-state index in [-0.39, 0.29) is 5.54 Å². The van der Waals surface area contributed by atoms with Gasteiger partial charge in [-0.15, -0.1) is 5.10 Å². The highest BCUT2D eigenvalue weighted by Crippen LogP contribution is 2.16. The zero-order valence-corrected chi connectivity index (χ0v) is 13.0. The molecule has 0 amide bonds. The molecule has 1 aromatic rings. The van der Waals surface area contributed by atoms with Gasteiger partial charge in [-0.1, -0.05) is 6.92 Å². The topological polar surface area (TPSA) is 50.3 Å². The summed E-state index contributed by atoms with van der Waals surface area (Å²) >= 11 is 0. The highest BCUT2D eigenvalue weighted by Gasteiger charge is 2.20. The first-order valence-corrected chi connectivity index (χ1v) is 7.42. The Hall–Kier alpha value is -1.20. The Morgan fingerprint density at radius 2 is 2.15 bits per heavy atom. The van der Waals surface area contributed by atoms with Gasteiger partial charge in [0.15, 0.2) is 5.82 Å². The fraction of sp³-hybridized carbons (Fsp3) is 0.733. The summed E-state index contributed by atoms with van der Waals surface area (Å²) in [4.78, 5) is 2.26. The lowest BCUT2D eigenvalue weighted by Crippen LogP contribution is -2.42. The van der Waals surface area contributed by atoms with E-state index in [2.05, 4.69) is 60.2 Å². The summed E-state index contributed by atoms with van der Waals surface area (Å²) in [6.07, 6.45) is 1.35. The average molecular weight is 278 g/mol. The number of aromatic nitrogens is 2. The van der Waals surface area contributed by atoms with Gasteiger partial charge in [-0.2, -0.15) is 5.10 Å². The Kier molecular flexibility index (Phi) is 4.94. The molecule has 0 radical (unpaired) electrons. The number of morpholine rings is 1. The maximum atomic E-state index is 5.68. The van der Waals surface area contributed by atoms with Crippen LogP contribution in [-0.2, 0) is 11.3 Å². The third kappa shape index (κ3) is 4.42. The van der Waals surface area contributed by atoms with E-state index in [9.17, 15) is 0 Å². The van der Waals surface area contributed by atoms with Crippen LogP contribution in [0.25, 0.3) is 0 Å². The van der Waals surface area contributed by atoms with Gasteiger partial charge in [0.1, 0.15) is 0 Å². The van der Waals surface area contributed by atoms with Crippen LogP contribution in [0.4, 0.5) is 5.82 Å². The number of rotatable bonds is 4. The SMILES string of the molecule is CCC1CN(c2ccc(CNC(C)(C)C)nn2)CCO1. The first-order valence-electron chi connectivity index (χ1n) is 7.42. The van der Waals surface area contributed by atoms with Crippen LogP contribution in [0.15, 0.2) is 12.1 Å². The van der Waals surface area contributed by atoms with Crippen LogP contribution in [-0.4, -0.2) is 41.5 Å². The van der Waals surface area contributed by atoms with Crippen molar-refractivity contribution in [3.8, 4) is 0 Å². The molecule has 2 heterocycles. The number of hydrogen-bond acceptors (Lipinski definition) is 5. The lowest BCUT2D eigenvalue weighted by atomic mass is 10.1. The monoisotopic (exact) mass is 278 g/mol. The Morgan fingerprint density at radius 3 is 2.75 bits per heavy atom. The molecule has 1 aliphatic heterocycles. The van der Waals surface area contributed by atoms with Crippen LogP contribution < -0.4 is 10.2 Å². The molecule has 2 rings (SSSR count). The van der Waals surface area contributed by atoms with E-state index in [4.69, 9.17) is 4.74 Å². The Labute approximate surface area is 121 Å². The molecule has 0 aliphatic carbocycles. The molecule has 1 fully saturated rings. The first kappa shape index (κ1) is 15.2. The minimum absolute atomic E-state index is 0.0961. The van der Waals surface area contributed by atoms with Gasteiger partial charge in [0.05, 0.1) is 18.4 Å². The van der Waals surface area contributed by atoms with Crippen molar-refractivity contribution in [1.82, 2.24) is 15.5 Å². The molecule has 112 valence electrons. The maximum absolute atomic E-state index is 5.68. The predicted molar refractivity (Wildman–Crippen MR) is 80.9 cm³/mol. The standard InChI is InChI=1S/C15H26N4O/c1-5-13-11-19(8-9-20-13)14-7-6-12(17-18-14)10-16-15(2,3)4/h6-7,13,16H,5,8-11H2,1-4H3. The van der Waals surface area contributed by atoms with Gasteiger partial charge < -0.3 is 15.0 Å². The molecule has 1 aromatic heterocycles. The van der Waals surface area contributed by atoms with E-state index in [0.29, 0.717) is 6.10 Å². The smallest absolute Gasteiger partial charge is 0.151 e. The van der Waals surface area contributed by atoms with Crippen LogP contribution >= 0.6 is 0 Å². The van der Waals surface area contributed by atoms with Gasteiger partial charge >= 0.3 is 0 Å². The third-order valence-corrected chi connectivity index (χ3v) is 3.42. The Bertz CT molecular complexity index is 413. The summed E-state index contributed by atoms with van der Waals surface area (Å²) in [5, 5.41) is 12.1. The molecule has 1 N–H and O–H groups in total.